The Bertz CT molecular complexity index is 805. The van der Waals surface area contributed by atoms with E-state index in [4.69, 9.17) is 23.2 Å². The van der Waals surface area contributed by atoms with Gasteiger partial charge in [0.05, 0.1) is 16.3 Å². The van der Waals surface area contributed by atoms with Crippen LogP contribution in [0.5, 0.6) is 0 Å². The van der Waals surface area contributed by atoms with Gasteiger partial charge in [-0.2, -0.15) is 5.10 Å². The lowest BCUT2D eigenvalue weighted by Crippen LogP contribution is -2.32. The third-order valence-electron chi connectivity index (χ3n) is 3.17. The van der Waals surface area contributed by atoms with Crippen molar-refractivity contribution in [1.29, 1.82) is 0 Å². The maximum atomic E-state index is 11.8. The average molecular weight is 379 g/mol. The zero-order valence-electron chi connectivity index (χ0n) is 13.6. The highest BCUT2D eigenvalue weighted by Gasteiger charge is 2.13. The average Bonchev–Trinajstić information content (AvgIpc) is 2.58. The van der Waals surface area contributed by atoms with Gasteiger partial charge in [-0.25, -0.2) is 5.43 Å². The normalized spacial score (nSPS) is 10.6. The third kappa shape index (κ3) is 5.48. The smallest absolute Gasteiger partial charge is 0.329 e. The monoisotopic (exact) mass is 378 g/mol. The summed E-state index contributed by atoms with van der Waals surface area (Å²) in [5.41, 5.74) is 4.35. The maximum absolute atomic E-state index is 11.8. The molecule has 130 valence electrons. The molecular weight excluding hydrogens is 363 g/mol. The van der Waals surface area contributed by atoms with Gasteiger partial charge in [0.2, 0.25) is 0 Å². The third-order valence-corrected chi connectivity index (χ3v) is 3.91. The van der Waals surface area contributed by atoms with Gasteiger partial charge in [0.15, 0.2) is 0 Å². The van der Waals surface area contributed by atoms with Crippen LogP contribution in [0.3, 0.4) is 0 Å². The zero-order chi connectivity index (χ0) is 18.4. The molecule has 0 aliphatic heterocycles. The topological polar surface area (TPSA) is 73.8 Å². The van der Waals surface area contributed by atoms with E-state index in [0.717, 1.165) is 11.3 Å². The van der Waals surface area contributed by atoms with Crippen molar-refractivity contribution in [2.24, 2.45) is 5.10 Å². The van der Waals surface area contributed by atoms with Gasteiger partial charge in [-0.15, -0.1) is 0 Å². The molecule has 8 heteroatoms. The van der Waals surface area contributed by atoms with E-state index in [1.54, 1.807) is 0 Å². The molecule has 0 unspecified atom stereocenters. The summed E-state index contributed by atoms with van der Waals surface area (Å²) in [7, 11) is 3.88. The summed E-state index contributed by atoms with van der Waals surface area (Å²) in [6.45, 7) is 0. The second-order valence-corrected chi connectivity index (χ2v) is 6.08. The number of hydrogen-bond acceptors (Lipinski definition) is 4. The Morgan fingerprint density at radius 3 is 2.28 bits per heavy atom. The molecule has 0 bridgehead atoms. The van der Waals surface area contributed by atoms with E-state index < -0.39 is 11.8 Å². The number of benzene rings is 2. The molecule has 2 rings (SSSR count). The van der Waals surface area contributed by atoms with Crippen molar-refractivity contribution in [1.82, 2.24) is 5.43 Å². The quantitative estimate of drug-likeness (QED) is 0.487. The van der Waals surface area contributed by atoms with Gasteiger partial charge in [-0.3, -0.25) is 9.59 Å². The fraction of sp³-hybridized carbons (Fsp3) is 0.118. The van der Waals surface area contributed by atoms with Crippen molar-refractivity contribution in [3.8, 4) is 0 Å². The first-order valence-corrected chi connectivity index (χ1v) is 7.99. The van der Waals surface area contributed by atoms with Gasteiger partial charge in [-0.1, -0.05) is 35.3 Å². The summed E-state index contributed by atoms with van der Waals surface area (Å²) >= 11 is 11.6. The van der Waals surface area contributed by atoms with Crippen molar-refractivity contribution >= 4 is 52.6 Å². The highest BCUT2D eigenvalue weighted by Crippen LogP contribution is 2.24. The van der Waals surface area contributed by atoms with Crippen LogP contribution in [-0.4, -0.2) is 32.1 Å². The molecule has 0 atom stereocenters. The summed E-state index contributed by atoms with van der Waals surface area (Å²) in [5.74, 6) is -1.76. The fourth-order valence-electron chi connectivity index (χ4n) is 1.84. The van der Waals surface area contributed by atoms with E-state index in [1.807, 2.05) is 43.3 Å². The van der Waals surface area contributed by atoms with Crippen molar-refractivity contribution < 1.29 is 9.59 Å². The number of anilines is 2. The lowest BCUT2D eigenvalue weighted by atomic mass is 10.2. The number of hydrazone groups is 1. The van der Waals surface area contributed by atoms with Crippen LogP contribution in [0.4, 0.5) is 11.4 Å². The van der Waals surface area contributed by atoms with Gasteiger partial charge >= 0.3 is 11.8 Å². The predicted octanol–water partition coefficient (Wildman–Crippen LogP) is 3.15. The second kappa shape index (κ2) is 8.50. The van der Waals surface area contributed by atoms with Gasteiger partial charge in [-0.05, 0) is 35.9 Å². The number of nitrogens with one attached hydrogen (secondary N) is 2. The number of rotatable bonds is 4. The predicted molar refractivity (Wildman–Crippen MR) is 102 cm³/mol. The first-order chi connectivity index (χ1) is 11.9. The first-order valence-electron chi connectivity index (χ1n) is 7.23. The molecule has 2 amide bonds. The molecule has 0 aromatic heterocycles. The van der Waals surface area contributed by atoms with Crippen molar-refractivity contribution in [3.05, 3.63) is 58.1 Å². The summed E-state index contributed by atoms with van der Waals surface area (Å²) in [5, 5.41) is 6.80. The van der Waals surface area contributed by atoms with Crippen molar-refractivity contribution in [2.45, 2.75) is 0 Å². The van der Waals surface area contributed by atoms with E-state index in [1.165, 1.54) is 24.4 Å². The van der Waals surface area contributed by atoms with Crippen LogP contribution in [0.25, 0.3) is 0 Å². The Balaban J connectivity index is 1.90. The Morgan fingerprint density at radius 1 is 1.00 bits per heavy atom. The summed E-state index contributed by atoms with van der Waals surface area (Å²) in [6.07, 6.45) is 1.45. The van der Waals surface area contributed by atoms with E-state index in [0.29, 0.717) is 10.7 Å². The number of carbonyl (C=O) groups is 2. The molecule has 6 nitrogen and oxygen atoms in total. The summed E-state index contributed by atoms with van der Waals surface area (Å²) in [4.78, 5) is 25.5. The van der Waals surface area contributed by atoms with Crippen molar-refractivity contribution in [2.75, 3.05) is 24.3 Å². The molecule has 0 heterocycles. The van der Waals surface area contributed by atoms with Gasteiger partial charge < -0.3 is 10.2 Å². The summed E-state index contributed by atoms with van der Waals surface area (Å²) < 4.78 is 0. The highest BCUT2D eigenvalue weighted by atomic mass is 35.5. The second-order valence-electron chi connectivity index (χ2n) is 5.27. The lowest BCUT2D eigenvalue weighted by molar-refractivity contribution is -0.136. The van der Waals surface area contributed by atoms with Gasteiger partial charge in [0.25, 0.3) is 0 Å². The molecule has 0 aliphatic rings. The number of nitrogens with zero attached hydrogens (tertiary/aromatic N) is 2. The van der Waals surface area contributed by atoms with Crippen LogP contribution in [0.15, 0.2) is 47.6 Å². The number of amides is 2. The van der Waals surface area contributed by atoms with Crippen LogP contribution in [0.1, 0.15) is 5.56 Å². The molecule has 2 aromatic carbocycles. The first kappa shape index (κ1) is 18.8. The van der Waals surface area contributed by atoms with Crippen molar-refractivity contribution in [3.63, 3.8) is 0 Å². The van der Waals surface area contributed by atoms with E-state index in [2.05, 4.69) is 15.8 Å². The highest BCUT2D eigenvalue weighted by molar-refractivity contribution is 6.42. The fourth-order valence-corrected chi connectivity index (χ4v) is 2.13. The van der Waals surface area contributed by atoms with E-state index in [9.17, 15) is 9.59 Å². The van der Waals surface area contributed by atoms with Crippen LogP contribution >= 0.6 is 23.2 Å². The maximum Gasteiger partial charge on any atom is 0.329 e. The molecule has 0 saturated carbocycles. The molecule has 0 radical (unpaired) electrons. The van der Waals surface area contributed by atoms with E-state index >= 15 is 0 Å². The molecule has 2 aromatic rings. The Morgan fingerprint density at radius 2 is 1.68 bits per heavy atom. The standard InChI is InChI=1S/C17H16Cl2N4O2/c1-23(2)13-6-3-11(4-7-13)10-20-22-17(25)16(24)21-12-5-8-14(18)15(19)9-12/h3-10H,1-2H3,(H,21,24)(H,22,25)/b20-10+. The minimum absolute atomic E-state index is 0.277. The van der Waals surface area contributed by atoms with Gasteiger partial charge in [0, 0.05) is 25.5 Å². The minimum Gasteiger partial charge on any atom is -0.378 e. The minimum atomic E-state index is -0.896. The molecule has 2 N–H and O–H groups in total. The lowest BCUT2D eigenvalue weighted by Gasteiger charge is -2.11. The molecule has 0 saturated heterocycles. The Hall–Kier alpha value is -2.57. The van der Waals surface area contributed by atoms with E-state index in [-0.39, 0.29) is 5.02 Å². The van der Waals surface area contributed by atoms with Crippen LogP contribution in [0, 0.1) is 0 Å². The molecular formula is C17H16Cl2N4O2. The van der Waals surface area contributed by atoms with Crippen LogP contribution < -0.4 is 15.6 Å². The SMILES string of the molecule is CN(C)c1ccc(/C=N/NC(=O)C(=O)Nc2ccc(Cl)c(Cl)c2)cc1. The van der Waals surface area contributed by atoms with Gasteiger partial charge in [0.1, 0.15) is 0 Å². The number of hydrogen-bond donors (Lipinski definition) is 2. The molecule has 0 spiro atoms. The largest absolute Gasteiger partial charge is 0.378 e. The summed E-state index contributed by atoms with van der Waals surface area (Å²) in [6, 6.07) is 12.0. The van der Waals surface area contributed by atoms with Crippen LogP contribution in [0.2, 0.25) is 10.0 Å². The molecule has 0 fully saturated rings. The van der Waals surface area contributed by atoms with Crippen LogP contribution in [-0.2, 0) is 9.59 Å². The molecule has 0 aliphatic carbocycles. The number of halogens is 2. The molecule has 25 heavy (non-hydrogen) atoms. The number of carbonyl (C=O) groups excluding carboxylic acids is 2. The zero-order valence-corrected chi connectivity index (χ0v) is 15.1. The Kier molecular flexibility index (Phi) is 6.38. The Labute approximate surface area is 155 Å².